The van der Waals surface area contributed by atoms with E-state index in [2.05, 4.69) is 169 Å². The first-order valence-corrected chi connectivity index (χ1v) is 18.6. The van der Waals surface area contributed by atoms with Crippen LogP contribution in [-0.4, -0.2) is 14.5 Å². The third-order valence-electron chi connectivity index (χ3n) is 12.4. The van der Waals surface area contributed by atoms with Gasteiger partial charge >= 0.3 is 0 Å². The average Bonchev–Trinajstić information content (AvgIpc) is 3.85. The van der Waals surface area contributed by atoms with Gasteiger partial charge in [0.05, 0.1) is 22.1 Å². The molecule has 1 aliphatic carbocycles. The summed E-state index contributed by atoms with van der Waals surface area (Å²) in [6, 6.07) is 57.6. The number of nitrogens with zero attached hydrogens (tertiary/aromatic N) is 3. The van der Waals surface area contributed by atoms with E-state index in [0.29, 0.717) is 11.5 Å². The summed E-state index contributed by atoms with van der Waals surface area (Å²) in [6.45, 7) is 2.41. The van der Waals surface area contributed by atoms with Gasteiger partial charge in [-0.3, -0.25) is 0 Å². The molecule has 0 radical (unpaired) electrons. The van der Waals surface area contributed by atoms with Gasteiger partial charge in [0, 0.05) is 38.4 Å². The van der Waals surface area contributed by atoms with Crippen LogP contribution < -0.4 is 0 Å². The summed E-state index contributed by atoms with van der Waals surface area (Å²) in [5.74, 6) is 0.644. The molecule has 250 valence electrons. The van der Waals surface area contributed by atoms with Gasteiger partial charge in [0.2, 0.25) is 5.71 Å². The van der Waals surface area contributed by atoms with Crippen LogP contribution in [0.2, 0.25) is 0 Å². The molecule has 2 aliphatic rings. The number of rotatable bonds is 1. The fourth-order valence-corrected chi connectivity index (χ4v) is 9.79. The summed E-state index contributed by atoms with van der Waals surface area (Å²) in [5, 5.41) is 9.31. The number of benzene rings is 8. The number of furan rings is 1. The lowest BCUT2D eigenvalue weighted by Gasteiger charge is -2.28. The molecule has 1 unspecified atom stereocenters. The van der Waals surface area contributed by atoms with Crippen molar-refractivity contribution in [1.29, 1.82) is 0 Å². The zero-order valence-electron chi connectivity index (χ0n) is 29.3. The quantitative estimate of drug-likeness (QED) is 0.173. The Hall–Kier alpha value is -7.04. The molecular formula is C50H29N3O. The van der Waals surface area contributed by atoms with Crippen molar-refractivity contribution in [2.24, 2.45) is 0 Å². The van der Waals surface area contributed by atoms with Crippen molar-refractivity contribution in [1.82, 2.24) is 14.5 Å². The topological polar surface area (TPSA) is 43.9 Å². The second-order valence-electron chi connectivity index (χ2n) is 15.1. The molecule has 3 aromatic heterocycles. The zero-order valence-corrected chi connectivity index (χ0v) is 29.3. The van der Waals surface area contributed by atoms with Crippen molar-refractivity contribution in [3.8, 4) is 39.5 Å². The maximum absolute atomic E-state index is 6.69. The molecule has 13 rings (SSSR count). The lowest BCUT2D eigenvalue weighted by Crippen LogP contribution is -2.22. The van der Waals surface area contributed by atoms with Crippen molar-refractivity contribution in [3.05, 3.63) is 174 Å². The molecule has 4 heteroatoms. The van der Waals surface area contributed by atoms with E-state index in [1.54, 1.807) is 0 Å². The highest BCUT2D eigenvalue weighted by atomic mass is 16.3. The van der Waals surface area contributed by atoms with Gasteiger partial charge < -0.3 is 8.98 Å². The van der Waals surface area contributed by atoms with Crippen molar-refractivity contribution in [2.45, 2.75) is 12.3 Å². The molecule has 0 spiro atoms. The smallest absolute Gasteiger partial charge is 0.231 e. The predicted molar refractivity (Wildman–Crippen MR) is 221 cm³/mol. The third-order valence-corrected chi connectivity index (χ3v) is 12.4. The molecule has 0 saturated heterocycles. The monoisotopic (exact) mass is 687 g/mol. The van der Waals surface area contributed by atoms with Crippen molar-refractivity contribution in [3.63, 3.8) is 0 Å². The van der Waals surface area contributed by atoms with Gasteiger partial charge in [-0.1, -0.05) is 109 Å². The first-order chi connectivity index (χ1) is 26.6. The Balaban J connectivity index is 1.21. The molecule has 1 aliphatic heterocycles. The van der Waals surface area contributed by atoms with E-state index in [0.717, 1.165) is 44.2 Å². The van der Waals surface area contributed by atoms with Gasteiger partial charge in [0.1, 0.15) is 5.58 Å². The van der Waals surface area contributed by atoms with E-state index >= 15 is 0 Å². The van der Waals surface area contributed by atoms with Gasteiger partial charge in [-0.15, -0.1) is 0 Å². The van der Waals surface area contributed by atoms with E-state index in [1.165, 1.54) is 65.8 Å². The molecule has 54 heavy (non-hydrogen) atoms. The van der Waals surface area contributed by atoms with Crippen LogP contribution in [-0.2, 0) is 5.41 Å². The van der Waals surface area contributed by atoms with Crippen LogP contribution in [0.15, 0.2) is 162 Å². The van der Waals surface area contributed by atoms with Gasteiger partial charge in [-0.2, -0.15) is 4.98 Å². The summed E-state index contributed by atoms with van der Waals surface area (Å²) in [6.07, 6.45) is 0. The minimum absolute atomic E-state index is 0.444. The zero-order chi connectivity index (χ0) is 35.3. The Bertz CT molecular complexity index is 3480. The van der Waals surface area contributed by atoms with Crippen LogP contribution in [0.4, 0.5) is 0 Å². The van der Waals surface area contributed by atoms with Gasteiger partial charge in [0.15, 0.2) is 5.82 Å². The summed E-state index contributed by atoms with van der Waals surface area (Å²) >= 11 is 0. The second-order valence-corrected chi connectivity index (χ2v) is 15.1. The molecule has 0 N–H and O–H groups in total. The van der Waals surface area contributed by atoms with Crippen LogP contribution >= 0.6 is 0 Å². The molecule has 4 nitrogen and oxygen atoms in total. The predicted octanol–water partition coefficient (Wildman–Crippen LogP) is 12.8. The highest BCUT2D eigenvalue weighted by Crippen LogP contribution is 2.57. The molecule has 0 saturated carbocycles. The molecule has 1 atom stereocenters. The number of aromatic nitrogens is 3. The minimum Gasteiger partial charge on any atom is -0.438 e. The fourth-order valence-electron chi connectivity index (χ4n) is 9.79. The van der Waals surface area contributed by atoms with Crippen LogP contribution in [0.1, 0.15) is 23.6 Å². The number of hydrogen-bond acceptors (Lipinski definition) is 3. The SMILES string of the molecule is CC12c3ccc4oc5nc(-c6ccc7ccccc7c6)nc(c5c4c3)-c3cccc(c3)-n3c4ccccc4c4cc(c1cc43)-c1c2ccc2ccccc12. The molecule has 6 bridgehead atoms. The minimum atomic E-state index is -0.444. The fraction of sp³-hybridized carbons (Fsp3) is 0.0400. The van der Waals surface area contributed by atoms with E-state index < -0.39 is 5.41 Å². The van der Waals surface area contributed by atoms with Crippen LogP contribution in [0, 0.1) is 0 Å². The van der Waals surface area contributed by atoms with E-state index in [-0.39, 0.29) is 0 Å². The highest BCUT2D eigenvalue weighted by Gasteiger charge is 2.43. The van der Waals surface area contributed by atoms with Gasteiger partial charge in [0.25, 0.3) is 0 Å². The Labute approximate surface area is 309 Å². The van der Waals surface area contributed by atoms with E-state index in [4.69, 9.17) is 14.4 Å². The molecule has 11 aromatic rings. The summed E-state index contributed by atoms with van der Waals surface area (Å²) < 4.78 is 9.13. The average molecular weight is 688 g/mol. The lowest BCUT2D eigenvalue weighted by atomic mass is 9.73. The van der Waals surface area contributed by atoms with Crippen LogP contribution in [0.25, 0.3) is 105 Å². The van der Waals surface area contributed by atoms with E-state index in [1.807, 2.05) is 0 Å². The summed E-state index contributed by atoms with van der Waals surface area (Å²) in [7, 11) is 0. The van der Waals surface area contributed by atoms with E-state index in [9.17, 15) is 0 Å². The maximum atomic E-state index is 6.69. The third kappa shape index (κ3) is 3.53. The van der Waals surface area contributed by atoms with Crippen molar-refractivity contribution < 1.29 is 4.42 Å². The largest absolute Gasteiger partial charge is 0.438 e. The first kappa shape index (κ1) is 28.5. The second kappa shape index (κ2) is 9.88. The normalized spacial score (nSPS) is 15.6. The molecule has 0 amide bonds. The lowest BCUT2D eigenvalue weighted by molar-refractivity contribution is 0.652. The highest BCUT2D eigenvalue weighted by molar-refractivity contribution is 6.15. The number of fused-ring (bicyclic) bond motifs is 15. The maximum Gasteiger partial charge on any atom is 0.231 e. The van der Waals surface area contributed by atoms with Crippen molar-refractivity contribution in [2.75, 3.05) is 0 Å². The Morgan fingerprint density at radius 3 is 2.28 bits per heavy atom. The Kier molecular flexibility index (Phi) is 5.22. The number of para-hydroxylation sites is 1. The molecule has 4 heterocycles. The number of hydrogen-bond donors (Lipinski definition) is 0. The van der Waals surface area contributed by atoms with Gasteiger partial charge in [-0.05, 0) is 105 Å². The summed E-state index contributed by atoms with van der Waals surface area (Å²) in [4.78, 5) is 10.6. The Morgan fingerprint density at radius 2 is 1.35 bits per heavy atom. The standard InChI is InChI=1S/C50H29N3O/c1-50-33-20-22-44-39(25-33)46-47(51-48(52-49(46)54-44)32-18-17-28-9-2-3-11-30(28)23-32)31-12-8-13-34(24-31)53-42-16-7-6-15-36(42)37-26-38(41(50)27-43(37)53)45-35-14-5-4-10-29(35)19-21-40(45)50/h2-27H,1H3. The molecule has 8 aromatic carbocycles. The van der Waals surface area contributed by atoms with Crippen LogP contribution in [0.3, 0.4) is 0 Å². The first-order valence-electron chi connectivity index (χ1n) is 18.6. The molecular weight excluding hydrogens is 659 g/mol. The van der Waals surface area contributed by atoms with Gasteiger partial charge in [-0.25, -0.2) is 4.98 Å². The van der Waals surface area contributed by atoms with Crippen molar-refractivity contribution >= 4 is 65.4 Å². The Morgan fingerprint density at radius 1 is 0.537 bits per heavy atom. The summed E-state index contributed by atoms with van der Waals surface area (Å²) in [5.41, 5.74) is 13.7. The molecule has 0 fully saturated rings. The van der Waals surface area contributed by atoms with Crippen LogP contribution in [0.5, 0.6) is 0 Å².